The molecule has 2 rings (SSSR count). The molecule has 0 fully saturated rings. The monoisotopic (exact) mass is 238 g/mol. The molecule has 0 saturated carbocycles. The van der Waals surface area contributed by atoms with E-state index in [2.05, 4.69) is 0 Å². The number of hydrogen-bond acceptors (Lipinski definition) is 3. The predicted octanol–water partition coefficient (Wildman–Crippen LogP) is 1.46. The van der Waals surface area contributed by atoms with Crippen LogP contribution in [-0.4, -0.2) is 19.5 Å². The standard InChI is InChI=1S/C11H10O4S/c12-11(13)4-2-8-1-3-10-9(7-8)5-6-16(10,14)15/h1,3,5-7H,2,4H2,(H,12,13). The molecule has 1 aliphatic heterocycles. The molecular weight excluding hydrogens is 228 g/mol. The number of aliphatic carboxylic acids is 1. The lowest BCUT2D eigenvalue weighted by molar-refractivity contribution is -0.136. The molecule has 16 heavy (non-hydrogen) atoms. The average Bonchev–Trinajstić information content (AvgIpc) is 2.52. The van der Waals surface area contributed by atoms with E-state index in [0.29, 0.717) is 16.9 Å². The van der Waals surface area contributed by atoms with E-state index in [1.807, 2.05) is 0 Å². The van der Waals surface area contributed by atoms with Crippen LogP contribution in [0.1, 0.15) is 17.5 Å². The van der Waals surface area contributed by atoms with E-state index in [0.717, 1.165) is 5.56 Å². The van der Waals surface area contributed by atoms with Gasteiger partial charge in [-0.05, 0) is 29.7 Å². The lowest BCUT2D eigenvalue weighted by Gasteiger charge is -2.02. The quantitative estimate of drug-likeness (QED) is 0.865. The van der Waals surface area contributed by atoms with Crippen LogP contribution in [0.4, 0.5) is 0 Å². The van der Waals surface area contributed by atoms with Crippen molar-refractivity contribution in [1.82, 2.24) is 0 Å². The van der Waals surface area contributed by atoms with Crippen LogP contribution in [0.25, 0.3) is 6.08 Å². The number of benzene rings is 1. The van der Waals surface area contributed by atoms with Gasteiger partial charge in [0.1, 0.15) is 0 Å². The summed E-state index contributed by atoms with van der Waals surface area (Å²) < 4.78 is 22.9. The van der Waals surface area contributed by atoms with Gasteiger partial charge in [-0.15, -0.1) is 0 Å². The molecule has 0 bridgehead atoms. The first-order valence-corrected chi connectivity index (χ1v) is 6.31. The predicted molar refractivity (Wildman–Crippen MR) is 58.6 cm³/mol. The number of hydrogen-bond donors (Lipinski definition) is 1. The minimum atomic E-state index is -3.25. The summed E-state index contributed by atoms with van der Waals surface area (Å²) in [7, 11) is -3.25. The van der Waals surface area contributed by atoms with E-state index in [4.69, 9.17) is 5.11 Å². The molecule has 0 spiro atoms. The van der Waals surface area contributed by atoms with Crippen molar-refractivity contribution in [2.75, 3.05) is 0 Å². The summed E-state index contributed by atoms with van der Waals surface area (Å²) in [5.74, 6) is -0.858. The van der Waals surface area contributed by atoms with Crippen molar-refractivity contribution in [2.45, 2.75) is 17.7 Å². The van der Waals surface area contributed by atoms with Crippen LogP contribution in [0.2, 0.25) is 0 Å². The molecule has 1 aliphatic rings. The van der Waals surface area contributed by atoms with E-state index in [9.17, 15) is 13.2 Å². The van der Waals surface area contributed by atoms with E-state index < -0.39 is 15.8 Å². The third kappa shape index (κ3) is 1.99. The zero-order valence-electron chi connectivity index (χ0n) is 8.38. The van der Waals surface area contributed by atoms with Gasteiger partial charge in [-0.3, -0.25) is 4.79 Å². The number of fused-ring (bicyclic) bond motifs is 1. The Hall–Kier alpha value is -1.62. The van der Waals surface area contributed by atoms with Gasteiger partial charge in [-0.2, -0.15) is 0 Å². The number of carboxylic acids is 1. The topological polar surface area (TPSA) is 71.4 Å². The second kappa shape index (κ2) is 3.75. The maximum atomic E-state index is 11.4. The molecule has 1 heterocycles. The van der Waals surface area contributed by atoms with Crippen LogP contribution in [0.3, 0.4) is 0 Å². The highest BCUT2D eigenvalue weighted by Crippen LogP contribution is 2.27. The zero-order chi connectivity index (χ0) is 11.8. The van der Waals surface area contributed by atoms with Gasteiger partial charge in [0.2, 0.25) is 0 Å². The Balaban J connectivity index is 2.29. The molecule has 1 aromatic rings. The van der Waals surface area contributed by atoms with Gasteiger partial charge in [0.15, 0.2) is 9.84 Å². The molecule has 4 nitrogen and oxygen atoms in total. The second-order valence-corrected chi connectivity index (χ2v) is 5.42. The van der Waals surface area contributed by atoms with Crippen molar-refractivity contribution in [3.8, 4) is 0 Å². The maximum absolute atomic E-state index is 11.4. The Bertz CT molecular complexity index is 570. The van der Waals surface area contributed by atoms with E-state index in [1.165, 1.54) is 17.6 Å². The fourth-order valence-electron chi connectivity index (χ4n) is 1.63. The third-order valence-electron chi connectivity index (χ3n) is 2.44. The highest BCUT2D eigenvalue weighted by atomic mass is 32.2. The van der Waals surface area contributed by atoms with Gasteiger partial charge < -0.3 is 5.11 Å². The summed E-state index contributed by atoms with van der Waals surface area (Å²) in [6.45, 7) is 0. The Morgan fingerprint density at radius 1 is 1.31 bits per heavy atom. The number of carbonyl (C=O) groups is 1. The lowest BCUT2D eigenvalue weighted by Crippen LogP contribution is -1.99. The molecule has 84 valence electrons. The van der Waals surface area contributed by atoms with E-state index in [-0.39, 0.29) is 6.42 Å². The van der Waals surface area contributed by atoms with Gasteiger partial charge in [0, 0.05) is 11.8 Å². The van der Waals surface area contributed by atoms with Crippen molar-refractivity contribution in [2.24, 2.45) is 0 Å². The van der Waals surface area contributed by atoms with Crippen LogP contribution in [-0.2, 0) is 21.1 Å². The highest BCUT2D eigenvalue weighted by Gasteiger charge is 2.20. The number of rotatable bonds is 3. The molecule has 0 saturated heterocycles. The van der Waals surface area contributed by atoms with Crippen molar-refractivity contribution >= 4 is 21.9 Å². The van der Waals surface area contributed by atoms with Crippen LogP contribution < -0.4 is 0 Å². The van der Waals surface area contributed by atoms with Gasteiger partial charge in [-0.25, -0.2) is 8.42 Å². The Morgan fingerprint density at radius 2 is 2.06 bits per heavy atom. The molecule has 0 atom stereocenters. The molecule has 0 radical (unpaired) electrons. The largest absolute Gasteiger partial charge is 0.481 e. The minimum absolute atomic E-state index is 0.0508. The van der Waals surface area contributed by atoms with Crippen LogP contribution >= 0.6 is 0 Å². The van der Waals surface area contributed by atoms with Gasteiger partial charge in [-0.1, -0.05) is 12.1 Å². The van der Waals surface area contributed by atoms with Crippen LogP contribution in [0.5, 0.6) is 0 Å². The van der Waals surface area contributed by atoms with Crippen molar-refractivity contribution in [1.29, 1.82) is 0 Å². The summed E-state index contributed by atoms with van der Waals surface area (Å²) in [4.78, 5) is 10.7. The SMILES string of the molecule is O=C(O)CCc1ccc2c(c1)C=CS2(=O)=O. The van der Waals surface area contributed by atoms with E-state index >= 15 is 0 Å². The molecule has 0 aliphatic carbocycles. The Kier molecular flexibility index (Phi) is 2.55. The lowest BCUT2D eigenvalue weighted by atomic mass is 10.1. The number of aryl methyl sites for hydroxylation is 1. The van der Waals surface area contributed by atoms with Crippen molar-refractivity contribution < 1.29 is 18.3 Å². The molecule has 1 N–H and O–H groups in total. The molecule has 0 unspecified atom stereocenters. The first-order valence-electron chi connectivity index (χ1n) is 4.77. The summed E-state index contributed by atoms with van der Waals surface area (Å²) in [6, 6.07) is 4.91. The maximum Gasteiger partial charge on any atom is 0.303 e. The van der Waals surface area contributed by atoms with Crippen LogP contribution in [0, 0.1) is 0 Å². The molecule has 5 heteroatoms. The Labute approximate surface area is 93.1 Å². The third-order valence-corrected chi connectivity index (χ3v) is 3.91. The van der Waals surface area contributed by atoms with Crippen molar-refractivity contribution in [3.05, 3.63) is 34.7 Å². The summed E-state index contributed by atoms with van der Waals surface area (Å²) in [6.07, 6.45) is 2.00. The summed E-state index contributed by atoms with van der Waals surface area (Å²) in [5.41, 5.74) is 1.48. The van der Waals surface area contributed by atoms with Gasteiger partial charge in [0.25, 0.3) is 0 Å². The fraction of sp³-hybridized carbons (Fsp3) is 0.182. The van der Waals surface area contributed by atoms with Gasteiger partial charge in [0.05, 0.1) is 4.90 Å². The summed E-state index contributed by atoms with van der Waals surface area (Å²) >= 11 is 0. The molecule has 1 aromatic carbocycles. The zero-order valence-corrected chi connectivity index (χ0v) is 9.20. The summed E-state index contributed by atoms with van der Waals surface area (Å²) in [5, 5.41) is 9.71. The first kappa shape index (κ1) is 10.9. The second-order valence-electron chi connectivity index (χ2n) is 3.61. The minimum Gasteiger partial charge on any atom is -0.481 e. The smallest absolute Gasteiger partial charge is 0.303 e. The average molecular weight is 238 g/mol. The van der Waals surface area contributed by atoms with Gasteiger partial charge >= 0.3 is 5.97 Å². The highest BCUT2D eigenvalue weighted by molar-refractivity contribution is 7.94. The van der Waals surface area contributed by atoms with Crippen molar-refractivity contribution in [3.63, 3.8) is 0 Å². The first-order chi connectivity index (χ1) is 7.49. The molecule has 0 aromatic heterocycles. The normalized spacial score (nSPS) is 16.0. The van der Waals surface area contributed by atoms with E-state index in [1.54, 1.807) is 12.1 Å². The number of carboxylic acid groups (broad SMARTS) is 1. The molecular formula is C11H10O4S. The number of sulfone groups is 1. The fourth-order valence-corrected chi connectivity index (χ4v) is 2.82. The molecule has 0 amide bonds. The Morgan fingerprint density at radius 3 is 2.75 bits per heavy atom. The van der Waals surface area contributed by atoms with Crippen LogP contribution in [0.15, 0.2) is 28.5 Å².